The summed E-state index contributed by atoms with van der Waals surface area (Å²) < 4.78 is 0. The minimum Gasteiger partial charge on any atom is -0.501 e. The minimum absolute atomic E-state index is 0.211. The Morgan fingerprint density at radius 2 is 2.08 bits per heavy atom. The molecule has 0 rings (SSSR count). The Balaban J connectivity index is 4.79. The standard InChI is InChI=1S/C9H16O3S/c1-4-5-7(11)9(3,6(2)10)8(12)13/h6,10H,4-5H2,1-3H3,(H,12,13). The van der Waals surface area contributed by atoms with Gasteiger partial charge in [-0.1, -0.05) is 6.92 Å². The monoisotopic (exact) mass is 204 g/mol. The third kappa shape index (κ3) is 2.48. The number of thiocarbonyl (C=S) groups is 1. The van der Waals surface area contributed by atoms with Gasteiger partial charge >= 0.3 is 0 Å². The lowest BCUT2D eigenvalue weighted by molar-refractivity contribution is -0.129. The zero-order valence-corrected chi connectivity index (χ0v) is 9.02. The maximum absolute atomic E-state index is 11.5. The fourth-order valence-corrected chi connectivity index (χ4v) is 1.30. The number of aliphatic hydroxyl groups is 2. The first-order valence-corrected chi connectivity index (χ1v) is 4.72. The fraction of sp³-hybridized carbons (Fsp3) is 0.778. The third-order valence-corrected chi connectivity index (χ3v) is 2.76. The zero-order valence-electron chi connectivity index (χ0n) is 8.20. The van der Waals surface area contributed by atoms with Gasteiger partial charge in [0.05, 0.1) is 6.10 Å². The van der Waals surface area contributed by atoms with Gasteiger partial charge in [0.15, 0.2) is 5.05 Å². The lowest BCUT2D eigenvalue weighted by atomic mass is 9.79. The highest BCUT2D eigenvalue weighted by atomic mass is 32.1. The summed E-state index contributed by atoms with van der Waals surface area (Å²) in [5, 5.41) is 18.1. The van der Waals surface area contributed by atoms with E-state index < -0.39 is 16.6 Å². The van der Waals surface area contributed by atoms with Crippen LogP contribution >= 0.6 is 12.2 Å². The minimum atomic E-state index is -1.29. The number of rotatable bonds is 5. The summed E-state index contributed by atoms with van der Waals surface area (Å²) in [6, 6.07) is 0. The molecular formula is C9H16O3S. The van der Waals surface area contributed by atoms with Crippen LogP contribution in [0.4, 0.5) is 0 Å². The maximum atomic E-state index is 11.5. The van der Waals surface area contributed by atoms with Crippen LogP contribution in [-0.4, -0.2) is 27.2 Å². The second-order valence-corrected chi connectivity index (χ2v) is 3.74. The predicted octanol–water partition coefficient (Wildman–Crippen LogP) is 1.63. The van der Waals surface area contributed by atoms with Gasteiger partial charge in [0.2, 0.25) is 0 Å². The number of carbonyl (C=O) groups excluding carboxylic acids is 1. The summed E-state index contributed by atoms with van der Waals surface area (Å²) in [6.07, 6.45) is 0.0512. The topological polar surface area (TPSA) is 57.5 Å². The summed E-state index contributed by atoms with van der Waals surface area (Å²) in [4.78, 5) is 11.5. The van der Waals surface area contributed by atoms with E-state index in [0.717, 1.165) is 0 Å². The van der Waals surface area contributed by atoms with Gasteiger partial charge in [-0.2, -0.15) is 0 Å². The van der Waals surface area contributed by atoms with Crippen molar-refractivity contribution in [3.05, 3.63) is 0 Å². The molecular weight excluding hydrogens is 188 g/mol. The molecule has 0 aliphatic rings. The summed E-state index contributed by atoms with van der Waals surface area (Å²) in [5.74, 6) is -0.211. The van der Waals surface area contributed by atoms with Crippen molar-refractivity contribution in [3.8, 4) is 0 Å². The first-order chi connectivity index (χ1) is 5.87. The van der Waals surface area contributed by atoms with Gasteiger partial charge < -0.3 is 10.2 Å². The molecule has 0 aliphatic carbocycles. The van der Waals surface area contributed by atoms with E-state index in [1.165, 1.54) is 13.8 Å². The second-order valence-electron chi connectivity index (χ2n) is 3.36. The van der Waals surface area contributed by atoms with Crippen LogP contribution in [0.25, 0.3) is 0 Å². The van der Waals surface area contributed by atoms with Crippen LogP contribution in [-0.2, 0) is 4.79 Å². The molecule has 0 fully saturated rings. The number of aliphatic hydroxyl groups excluding tert-OH is 2. The van der Waals surface area contributed by atoms with Gasteiger partial charge in [-0.25, -0.2) is 0 Å². The number of ketones is 1. The van der Waals surface area contributed by atoms with Crippen molar-refractivity contribution in [1.29, 1.82) is 0 Å². The average Bonchev–Trinajstić information content (AvgIpc) is 2.02. The smallest absolute Gasteiger partial charge is 0.172 e. The molecule has 0 amide bonds. The van der Waals surface area contributed by atoms with Crippen LogP contribution in [0, 0.1) is 5.41 Å². The van der Waals surface area contributed by atoms with Gasteiger partial charge in [-0.05, 0) is 32.5 Å². The molecule has 0 aromatic heterocycles. The summed E-state index contributed by atoms with van der Waals surface area (Å²) >= 11 is 4.57. The van der Waals surface area contributed by atoms with Crippen molar-refractivity contribution < 1.29 is 15.0 Å². The Hall–Kier alpha value is -0.480. The molecule has 0 aliphatic heterocycles. The van der Waals surface area contributed by atoms with E-state index in [4.69, 9.17) is 0 Å². The van der Waals surface area contributed by atoms with Crippen LogP contribution in [0.15, 0.2) is 0 Å². The Bertz CT molecular complexity index is 213. The molecule has 0 aromatic rings. The number of carbonyl (C=O) groups is 1. The Morgan fingerprint density at radius 3 is 2.31 bits per heavy atom. The quantitative estimate of drug-likeness (QED) is 0.668. The molecule has 0 spiro atoms. The van der Waals surface area contributed by atoms with Gasteiger partial charge in [0.25, 0.3) is 0 Å². The van der Waals surface area contributed by atoms with Crippen molar-refractivity contribution in [1.82, 2.24) is 0 Å². The highest BCUT2D eigenvalue weighted by molar-refractivity contribution is 7.80. The van der Waals surface area contributed by atoms with Crippen LogP contribution < -0.4 is 0 Å². The van der Waals surface area contributed by atoms with Crippen molar-refractivity contribution in [3.63, 3.8) is 0 Å². The van der Waals surface area contributed by atoms with Crippen LogP contribution in [0.1, 0.15) is 33.6 Å². The van der Waals surface area contributed by atoms with Gasteiger partial charge in [-0.3, -0.25) is 4.79 Å². The van der Waals surface area contributed by atoms with Gasteiger partial charge in [0.1, 0.15) is 11.2 Å². The van der Waals surface area contributed by atoms with E-state index in [1.807, 2.05) is 6.92 Å². The molecule has 0 aromatic carbocycles. The van der Waals surface area contributed by atoms with E-state index >= 15 is 0 Å². The normalized spacial score (nSPS) is 17.5. The molecule has 13 heavy (non-hydrogen) atoms. The van der Waals surface area contributed by atoms with E-state index in [-0.39, 0.29) is 5.78 Å². The highest BCUT2D eigenvalue weighted by Gasteiger charge is 2.41. The molecule has 2 atom stereocenters. The summed E-state index contributed by atoms with van der Waals surface area (Å²) in [6.45, 7) is 4.79. The first-order valence-electron chi connectivity index (χ1n) is 4.32. The van der Waals surface area contributed by atoms with E-state index in [9.17, 15) is 15.0 Å². The SMILES string of the molecule is CCCC(=O)C(C)(C(O)=S)C(C)O. The lowest BCUT2D eigenvalue weighted by Gasteiger charge is -2.28. The number of hydrogen-bond donors (Lipinski definition) is 2. The van der Waals surface area contributed by atoms with Gasteiger partial charge in [-0.15, -0.1) is 0 Å². The van der Waals surface area contributed by atoms with Crippen molar-refractivity contribution in [2.45, 2.75) is 39.7 Å². The molecule has 0 radical (unpaired) electrons. The zero-order chi connectivity index (χ0) is 10.6. The Labute approximate surface area is 83.8 Å². The lowest BCUT2D eigenvalue weighted by Crippen LogP contribution is -2.44. The molecule has 76 valence electrons. The van der Waals surface area contributed by atoms with E-state index in [0.29, 0.717) is 12.8 Å². The van der Waals surface area contributed by atoms with Gasteiger partial charge in [0, 0.05) is 6.42 Å². The molecule has 4 heteroatoms. The fourth-order valence-electron chi connectivity index (χ4n) is 1.02. The van der Waals surface area contributed by atoms with E-state index in [2.05, 4.69) is 12.2 Å². The van der Waals surface area contributed by atoms with Crippen LogP contribution in [0.5, 0.6) is 0 Å². The van der Waals surface area contributed by atoms with E-state index in [1.54, 1.807) is 0 Å². The first kappa shape index (κ1) is 12.5. The molecule has 0 heterocycles. The number of hydrogen-bond acceptors (Lipinski definition) is 3. The highest BCUT2D eigenvalue weighted by Crippen LogP contribution is 2.26. The Morgan fingerprint density at radius 1 is 1.62 bits per heavy atom. The molecule has 0 saturated heterocycles. The van der Waals surface area contributed by atoms with Crippen molar-refractivity contribution in [2.24, 2.45) is 5.41 Å². The Kier molecular flexibility index (Phi) is 4.50. The third-order valence-electron chi connectivity index (χ3n) is 2.34. The number of Topliss-reactive ketones (excluding diaryl/α,β-unsaturated/α-hetero) is 1. The summed E-state index contributed by atoms with van der Waals surface area (Å²) in [5.41, 5.74) is -1.29. The summed E-state index contributed by atoms with van der Waals surface area (Å²) in [7, 11) is 0. The molecule has 2 unspecified atom stereocenters. The molecule has 2 N–H and O–H groups in total. The predicted molar refractivity (Wildman–Crippen MR) is 54.9 cm³/mol. The maximum Gasteiger partial charge on any atom is 0.172 e. The largest absolute Gasteiger partial charge is 0.501 e. The van der Waals surface area contributed by atoms with Crippen molar-refractivity contribution in [2.75, 3.05) is 0 Å². The molecule has 3 nitrogen and oxygen atoms in total. The molecule has 0 bridgehead atoms. The van der Waals surface area contributed by atoms with Crippen molar-refractivity contribution >= 4 is 23.1 Å². The van der Waals surface area contributed by atoms with Crippen LogP contribution in [0.2, 0.25) is 0 Å². The second kappa shape index (κ2) is 4.67. The molecule has 0 saturated carbocycles. The average molecular weight is 204 g/mol. The van der Waals surface area contributed by atoms with Crippen LogP contribution in [0.3, 0.4) is 0 Å².